The standard InChI is InChI=1S/C14H23N3O3S/c1-10(2)17-8-11(21(15,19)20)7-12(17)13(18)16-9-14(3)5-4-6-14/h7-8,10H,4-6,9H2,1-3H3,(H,16,18)(H2,15,19,20). The van der Waals surface area contributed by atoms with Crippen molar-refractivity contribution in [3.05, 3.63) is 18.0 Å². The van der Waals surface area contributed by atoms with Gasteiger partial charge in [0.15, 0.2) is 0 Å². The fourth-order valence-corrected chi connectivity index (χ4v) is 3.10. The minimum Gasteiger partial charge on any atom is -0.350 e. The van der Waals surface area contributed by atoms with Crippen LogP contribution in [0.1, 0.15) is 56.6 Å². The second-order valence-corrected chi connectivity index (χ2v) is 8.02. The number of nitrogens with one attached hydrogen (secondary N) is 1. The number of hydrogen-bond donors (Lipinski definition) is 2. The molecule has 1 aromatic heterocycles. The Bertz CT molecular complexity index is 642. The first-order valence-corrected chi connectivity index (χ1v) is 8.70. The minimum atomic E-state index is -3.81. The van der Waals surface area contributed by atoms with Crippen LogP contribution < -0.4 is 10.5 Å². The molecule has 0 unspecified atom stereocenters. The molecule has 0 radical (unpaired) electrons. The molecule has 0 spiro atoms. The van der Waals surface area contributed by atoms with Gasteiger partial charge in [-0.2, -0.15) is 0 Å². The fraction of sp³-hybridized carbons (Fsp3) is 0.643. The molecule has 0 aromatic carbocycles. The average molecular weight is 313 g/mol. The van der Waals surface area contributed by atoms with E-state index < -0.39 is 10.0 Å². The van der Waals surface area contributed by atoms with Gasteiger partial charge in [0.2, 0.25) is 10.0 Å². The summed E-state index contributed by atoms with van der Waals surface area (Å²) in [5.41, 5.74) is 0.505. The predicted molar refractivity (Wildman–Crippen MR) is 80.5 cm³/mol. The molecular formula is C14H23N3O3S. The summed E-state index contributed by atoms with van der Waals surface area (Å²) in [4.78, 5) is 12.3. The van der Waals surface area contributed by atoms with E-state index in [1.54, 1.807) is 4.57 Å². The van der Waals surface area contributed by atoms with E-state index in [-0.39, 0.29) is 22.3 Å². The van der Waals surface area contributed by atoms with Crippen LogP contribution in [0.2, 0.25) is 0 Å². The van der Waals surface area contributed by atoms with E-state index in [0.717, 1.165) is 12.8 Å². The highest BCUT2D eigenvalue weighted by atomic mass is 32.2. The maximum Gasteiger partial charge on any atom is 0.267 e. The molecule has 1 aromatic rings. The Hall–Kier alpha value is -1.34. The normalized spacial score (nSPS) is 17.6. The fourth-order valence-electron chi connectivity index (χ4n) is 2.56. The molecule has 0 aliphatic heterocycles. The Kier molecular flexibility index (Phi) is 4.17. The summed E-state index contributed by atoms with van der Waals surface area (Å²) in [5, 5.41) is 8.05. The number of aromatic nitrogens is 1. The minimum absolute atomic E-state index is 0.0273. The zero-order valence-corrected chi connectivity index (χ0v) is 13.5. The van der Waals surface area contributed by atoms with Crippen molar-refractivity contribution in [2.75, 3.05) is 6.54 Å². The van der Waals surface area contributed by atoms with Crippen molar-refractivity contribution < 1.29 is 13.2 Å². The molecule has 0 saturated heterocycles. The first-order chi connectivity index (χ1) is 9.62. The van der Waals surface area contributed by atoms with Crippen molar-refractivity contribution in [2.24, 2.45) is 10.6 Å². The van der Waals surface area contributed by atoms with Gasteiger partial charge >= 0.3 is 0 Å². The maximum atomic E-state index is 12.3. The van der Waals surface area contributed by atoms with Crippen LogP contribution in [0.5, 0.6) is 0 Å². The van der Waals surface area contributed by atoms with Crippen LogP contribution in [-0.2, 0) is 10.0 Å². The van der Waals surface area contributed by atoms with Gasteiger partial charge in [-0.05, 0) is 38.2 Å². The van der Waals surface area contributed by atoms with E-state index in [1.807, 2.05) is 13.8 Å². The van der Waals surface area contributed by atoms with Crippen molar-refractivity contribution >= 4 is 15.9 Å². The molecule has 1 aliphatic rings. The summed E-state index contributed by atoms with van der Waals surface area (Å²) < 4.78 is 24.5. The molecule has 0 atom stereocenters. The molecule has 7 heteroatoms. The Morgan fingerprint density at radius 3 is 2.52 bits per heavy atom. The Labute approximate surface area is 125 Å². The van der Waals surface area contributed by atoms with E-state index in [0.29, 0.717) is 12.2 Å². The van der Waals surface area contributed by atoms with E-state index in [4.69, 9.17) is 5.14 Å². The van der Waals surface area contributed by atoms with Gasteiger partial charge in [-0.15, -0.1) is 0 Å². The Balaban J connectivity index is 2.21. The molecular weight excluding hydrogens is 290 g/mol. The van der Waals surface area contributed by atoms with Crippen molar-refractivity contribution in [1.29, 1.82) is 0 Å². The number of amides is 1. The van der Waals surface area contributed by atoms with Crippen LogP contribution in [0.25, 0.3) is 0 Å². The van der Waals surface area contributed by atoms with Gasteiger partial charge in [0.05, 0.1) is 0 Å². The molecule has 3 N–H and O–H groups in total. The van der Waals surface area contributed by atoms with Gasteiger partial charge in [0.25, 0.3) is 5.91 Å². The van der Waals surface area contributed by atoms with E-state index in [9.17, 15) is 13.2 Å². The van der Waals surface area contributed by atoms with Crippen LogP contribution in [0.15, 0.2) is 17.2 Å². The maximum absolute atomic E-state index is 12.3. The number of rotatable bonds is 5. The quantitative estimate of drug-likeness (QED) is 0.865. The first-order valence-electron chi connectivity index (χ1n) is 7.15. The summed E-state index contributed by atoms with van der Waals surface area (Å²) >= 11 is 0. The van der Waals surface area contributed by atoms with Gasteiger partial charge < -0.3 is 9.88 Å². The van der Waals surface area contributed by atoms with Crippen molar-refractivity contribution in [2.45, 2.75) is 51.0 Å². The van der Waals surface area contributed by atoms with E-state index >= 15 is 0 Å². The SMILES string of the molecule is CC(C)n1cc(S(N)(=O)=O)cc1C(=O)NCC1(C)CCC1. The van der Waals surface area contributed by atoms with Gasteiger partial charge in [-0.3, -0.25) is 4.79 Å². The lowest BCUT2D eigenvalue weighted by atomic mass is 9.70. The Morgan fingerprint density at radius 1 is 1.48 bits per heavy atom. The third-order valence-corrected chi connectivity index (χ3v) is 5.06. The van der Waals surface area contributed by atoms with Crippen LogP contribution in [0, 0.1) is 5.41 Å². The summed E-state index contributed by atoms with van der Waals surface area (Å²) in [5.74, 6) is -0.258. The molecule has 118 valence electrons. The second-order valence-electron chi connectivity index (χ2n) is 6.45. The van der Waals surface area contributed by atoms with E-state index in [1.165, 1.54) is 18.7 Å². The van der Waals surface area contributed by atoms with Gasteiger partial charge in [-0.25, -0.2) is 13.6 Å². The van der Waals surface area contributed by atoms with Crippen LogP contribution >= 0.6 is 0 Å². The van der Waals surface area contributed by atoms with Gasteiger partial charge in [0, 0.05) is 18.8 Å². The molecule has 2 rings (SSSR count). The number of carbonyl (C=O) groups is 1. The topological polar surface area (TPSA) is 94.2 Å². The predicted octanol–water partition coefficient (Wildman–Crippen LogP) is 1.64. The van der Waals surface area contributed by atoms with Crippen molar-refractivity contribution in [3.8, 4) is 0 Å². The number of hydrogen-bond acceptors (Lipinski definition) is 3. The highest BCUT2D eigenvalue weighted by Gasteiger charge is 2.32. The number of carbonyl (C=O) groups excluding carboxylic acids is 1. The molecule has 0 bridgehead atoms. The largest absolute Gasteiger partial charge is 0.350 e. The summed E-state index contributed by atoms with van der Waals surface area (Å²) in [6, 6.07) is 1.31. The highest BCUT2D eigenvalue weighted by Crippen LogP contribution is 2.39. The second kappa shape index (κ2) is 5.46. The third-order valence-electron chi connectivity index (χ3n) is 4.18. The molecule has 21 heavy (non-hydrogen) atoms. The molecule has 1 aliphatic carbocycles. The van der Waals surface area contributed by atoms with Crippen LogP contribution in [0.3, 0.4) is 0 Å². The molecule has 6 nitrogen and oxygen atoms in total. The van der Waals surface area contributed by atoms with Gasteiger partial charge in [-0.1, -0.05) is 13.3 Å². The summed E-state index contributed by atoms with van der Waals surface area (Å²) in [6.07, 6.45) is 4.84. The monoisotopic (exact) mass is 313 g/mol. The van der Waals surface area contributed by atoms with Crippen molar-refractivity contribution in [1.82, 2.24) is 9.88 Å². The lowest BCUT2D eigenvalue weighted by Crippen LogP contribution is -2.40. The smallest absolute Gasteiger partial charge is 0.267 e. The Morgan fingerprint density at radius 2 is 2.10 bits per heavy atom. The summed E-state index contributed by atoms with van der Waals surface area (Å²) in [6.45, 7) is 6.53. The third kappa shape index (κ3) is 3.47. The lowest BCUT2D eigenvalue weighted by molar-refractivity contribution is 0.0880. The number of nitrogens with two attached hydrogens (primary N) is 1. The average Bonchev–Trinajstić information content (AvgIpc) is 2.78. The van der Waals surface area contributed by atoms with Crippen LogP contribution in [-0.4, -0.2) is 25.4 Å². The van der Waals surface area contributed by atoms with Crippen molar-refractivity contribution in [3.63, 3.8) is 0 Å². The summed E-state index contributed by atoms with van der Waals surface area (Å²) in [7, 11) is -3.81. The lowest BCUT2D eigenvalue weighted by Gasteiger charge is -2.38. The number of primary sulfonamides is 1. The van der Waals surface area contributed by atoms with Crippen LogP contribution in [0.4, 0.5) is 0 Å². The molecule has 1 amide bonds. The molecule has 1 heterocycles. The van der Waals surface area contributed by atoms with E-state index in [2.05, 4.69) is 12.2 Å². The zero-order valence-electron chi connectivity index (χ0n) is 12.7. The first kappa shape index (κ1) is 16.0. The zero-order chi connectivity index (χ0) is 15.8. The number of nitrogens with zero attached hydrogens (tertiary/aromatic N) is 1. The highest BCUT2D eigenvalue weighted by molar-refractivity contribution is 7.89. The number of sulfonamides is 1. The molecule has 1 fully saturated rings. The molecule has 1 saturated carbocycles. The van der Waals surface area contributed by atoms with Gasteiger partial charge in [0.1, 0.15) is 10.6 Å².